The Labute approximate surface area is 74.5 Å². The monoisotopic (exact) mass is 191 g/mol. The summed E-state index contributed by atoms with van der Waals surface area (Å²) in [5, 5.41) is 3.29. The van der Waals surface area contributed by atoms with Crippen molar-refractivity contribution in [1.29, 1.82) is 0 Å². The summed E-state index contributed by atoms with van der Waals surface area (Å²) in [6.45, 7) is 6.06. The summed E-state index contributed by atoms with van der Waals surface area (Å²) in [5.41, 5.74) is -0.188. The van der Waals surface area contributed by atoms with Crippen molar-refractivity contribution >= 4 is 9.84 Å². The Bertz CT molecular complexity index is 258. The smallest absolute Gasteiger partial charge is 0.152 e. The Balaban J connectivity index is 2.65. The maximum Gasteiger partial charge on any atom is 0.152 e. The molecule has 4 heteroatoms. The lowest BCUT2D eigenvalue weighted by Crippen LogP contribution is -2.46. The highest BCUT2D eigenvalue weighted by atomic mass is 32.2. The third-order valence-corrected chi connectivity index (χ3v) is 4.04. The van der Waals surface area contributed by atoms with Gasteiger partial charge < -0.3 is 5.32 Å². The zero-order chi connectivity index (χ0) is 9.41. The van der Waals surface area contributed by atoms with Gasteiger partial charge in [-0.15, -0.1) is 0 Å². The molecule has 0 aliphatic carbocycles. The standard InChI is InChI=1S/C8H17NO2S/c1-7(2)9-8(3)4-5-12(10,11)6-8/h7,9H,4-6H2,1-3H3. The zero-order valence-corrected chi connectivity index (χ0v) is 8.74. The number of nitrogens with one attached hydrogen (secondary N) is 1. The Morgan fingerprint density at radius 2 is 2.00 bits per heavy atom. The van der Waals surface area contributed by atoms with Crippen LogP contribution >= 0.6 is 0 Å². The van der Waals surface area contributed by atoms with E-state index in [1.807, 2.05) is 20.8 Å². The van der Waals surface area contributed by atoms with Gasteiger partial charge in [0.25, 0.3) is 0 Å². The third-order valence-electron chi connectivity index (χ3n) is 2.14. The molecule has 1 rings (SSSR count). The highest BCUT2D eigenvalue weighted by Crippen LogP contribution is 2.23. The second kappa shape index (κ2) is 3.00. The van der Waals surface area contributed by atoms with E-state index in [1.54, 1.807) is 0 Å². The summed E-state index contributed by atoms with van der Waals surface area (Å²) >= 11 is 0. The van der Waals surface area contributed by atoms with Crippen molar-refractivity contribution in [2.24, 2.45) is 0 Å². The van der Waals surface area contributed by atoms with Gasteiger partial charge in [0.2, 0.25) is 0 Å². The highest BCUT2D eigenvalue weighted by Gasteiger charge is 2.38. The van der Waals surface area contributed by atoms with Crippen molar-refractivity contribution in [3.05, 3.63) is 0 Å². The first kappa shape index (κ1) is 9.99. The molecule has 1 N–H and O–H groups in total. The summed E-state index contributed by atoms with van der Waals surface area (Å²) in [5.74, 6) is 0.626. The lowest BCUT2D eigenvalue weighted by Gasteiger charge is -2.26. The van der Waals surface area contributed by atoms with Gasteiger partial charge in [0.15, 0.2) is 9.84 Å². The van der Waals surface area contributed by atoms with Gasteiger partial charge in [0.05, 0.1) is 11.5 Å². The molecule has 0 saturated carbocycles. The molecule has 0 amide bonds. The molecular weight excluding hydrogens is 174 g/mol. The maximum absolute atomic E-state index is 11.2. The second-order valence-corrected chi connectivity index (χ2v) is 6.39. The lowest BCUT2D eigenvalue weighted by atomic mass is 10.0. The van der Waals surface area contributed by atoms with Crippen LogP contribution in [0.15, 0.2) is 0 Å². The van der Waals surface area contributed by atoms with E-state index in [9.17, 15) is 8.42 Å². The number of rotatable bonds is 2. The molecule has 1 heterocycles. The molecule has 12 heavy (non-hydrogen) atoms. The molecule has 1 aliphatic heterocycles. The van der Waals surface area contributed by atoms with E-state index < -0.39 is 9.84 Å². The first-order valence-electron chi connectivity index (χ1n) is 4.31. The van der Waals surface area contributed by atoms with E-state index in [-0.39, 0.29) is 11.3 Å². The maximum atomic E-state index is 11.2. The summed E-state index contributed by atoms with van der Waals surface area (Å²) in [6, 6.07) is 0.350. The van der Waals surface area contributed by atoms with Crippen molar-refractivity contribution in [2.75, 3.05) is 11.5 Å². The van der Waals surface area contributed by atoms with Gasteiger partial charge in [-0.1, -0.05) is 13.8 Å². The topological polar surface area (TPSA) is 46.2 Å². The minimum Gasteiger partial charge on any atom is -0.308 e. The van der Waals surface area contributed by atoms with Gasteiger partial charge >= 0.3 is 0 Å². The fourth-order valence-corrected chi connectivity index (χ4v) is 3.93. The van der Waals surface area contributed by atoms with Gasteiger partial charge in [-0.25, -0.2) is 8.42 Å². The molecule has 1 atom stereocenters. The van der Waals surface area contributed by atoms with E-state index in [1.165, 1.54) is 0 Å². The van der Waals surface area contributed by atoms with Crippen LogP contribution in [0.1, 0.15) is 27.2 Å². The number of sulfone groups is 1. The summed E-state index contributed by atoms with van der Waals surface area (Å²) in [6.07, 6.45) is 0.744. The Hall–Kier alpha value is -0.0900. The average molecular weight is 191 g/mol. The second-order valence-electron chi connectivity index (χ2n) is 4.20. The first-order valence-corrected chi connectivity index (χ1v) is 6.13. The molecule has 1 fully saturated rings. The van der Waals surface area contributed by atoms with Crippen LogP contribution < -0.4 is 5.32 Å². The Morgan fingerprint density at radius 1 is 1.42 bits per heavy atom. The zero-order valence-electron chi connectivity index (χ0n) is 7.92. The molecular formula is C8H17NO2S. The van der Waals surface area contributed by atoms with Crippen LogP contribution in [0.3, 0.4) is 0 Å². The first-order chi connectivity index (χ1) is 5.33. The summed E-state index contributed by atoms with van der Waals surface area (Å²) in [7, 11) is -2.76. The van der Waals surface area contributed by atoms with E-state index in [2.05, 4.69) is 5.32 Å². The van der Waals surface area contributed by atoms with Crippen LogP contribution in [0, 0.1) is 0 Å². The van der Waals surface area contributed by atoms with Crippen LogP contribution in [-0.4, -0.2) is 31.5 Å². The third kappa shape index (κ3) is 2.45. The molecule has 0 aromatic rings. The largest absolute Gasteiger partial charge is 0.308 e. The van der Waals surface area contributed by atoms with Gasteiger partial charge in [0.1, 0.15) is 0 Å². The quantitative estimate of drug-likeness (QED) is 0.694. The molecule has 1 aliphatic rings. The molecule has 0 aromatic carbocycles. The lowest BCUT2D eigenvalue weighted by molar-refractivity contribution is 0.363. The SMILES string of the molecule is CC(C)NC1(C)CCS(=O)(=O)C1. The highest BCUT2D eigenvalue weighted by molar-refractivity contribution is 7.91. The van der Waals surface area contributed by atoms with Gasteiger partial charge in [0, 0.05) is 11.6 Å². The van der Waals surface area contributed by atoms with Crippen molar-refractivity contribution in [2.45, 2.75) is 38.8 Å². The summed E-state index contributed by atoms with van der Waals surface area (Å²) < 4.78 is 22.4. The van der Waals surface area contributed by atoms with E-state index in [0.29, 0.717) is 11.8 Å². The van der Waals surface area contributed by atoms with E-state index in [4.69, 9.17) is 0 Å². The number of hydrogen-bond acceptors (Lipinski definition) is 3. The normalized spacial score (nSPS) is 34.3. The number of hydrogen-bond donors (Lipinski definition) is 1. The minimum absolute atomic E-state index is 0.188. The predicted octanol–water partition coefficient (Wildman–Crippen LogP) is 0.562. The molecule has 1 unspecified atom stereocenters. The molecule has 0 spiro atoms. The van der Waals surface area contributed by atoms with Crippen LogP contribution in [0.25, 0.3) is 0 Å². The average Bonchev–Trinajstić information content (AvgIpc) is 2.03. The molecule has 0 aromatic heterocycles. The fourth-order valence-electron chi connectivity index (χ4n) is 1.82. The van der Waals surface area contributed by atoms with Crippen molar-refractivity contribution < 1.29 is 8.42 Å². The minimum atomic E-state index is -2.76. The molecule has 72 valence electrons. The van der Waals surface area contributed by atoms with Crippen molar-refractivity contribution in [3.8, 4) is 0 Å². The Morgan fingerprint density at radius 3 is 2.33 bits per heavy atom. The molecule has 0 radical (unpaired) electrons. The molecule has 3 nitrogen and oxygen atoms in total. The predicted molar refractivity (Wildman–Crippen MR) is 49.9 cm³/mol. The Kier molecular flexibility index (Phi) is 2.50. The van der Waals surface area contributed by atoms with Crippen molar-refractivity contribution in [3.63, 3.8) is 0 Å². The van der Waals surface area contributed by atoms with Gasteiger partial charge in [-0.2, -0.15) is 0 Å². The van der Waals surface area contributed by atoms with Crippen LogP contribution in [0.5, 0.6) is 0 Å². The fraction of sp³-hybridized carbons (Fsp3) is 1.00. The van der Waals surface area contributed by atoms with E-state index in [0.717, 1.165) is 6.42 Å². The van der Waals surface area contributed by atoms with E-state index >= 15 is 0 Å². The molecule has 0 bridgehead atoms. The summed E-state index contributed by atoms with van der Waals surface area (Å²) in [4.78, 5) is 0. The van der Waals surface area contributed by atoms with Crippen LogP contribution in [-0.2, 0) is 9.84 Å². The molecule has 1 saturated heterocycles. The van der Waals surface area contributed by atoms with Crippen LogP contribution in [0.4, 0.5) is 0 Å². The van der Waals surface area contributed by atoms with Crippen LogP contribution in [0.2, 0.25) is 0 Å². The van der Waals surface area contributed by atoms with Crippen molar-refractivity contribution in [1.82, 2.24) is 5.32 Å². The van der Waals surface area contributed by atoms with Gasteiger partial charge in [-0.3, -0.25) is 0 Å². The van der Waals surface area contributed by atoms with Gasteiger partial charge in [-0.05, 0) is 13.3 Å².